The molecule has 1 amide bonds. The van der Waals surface area contributed by atoms with Gasteiger partial charge in [0, 0.05) is 21.7 Å². The van der Waals surface area contributed by atoms with Gasteiger partial charge in [0.25, 0.3) is 5.91 Å². The third kappa shape index (κ3) is 2.91. The molecule has 1 heterocycles. The normalized spacial score (nSPS) is 15.7. The van der Waals surface area contributed by atoms with E-state index in [2.05, 4.69) is 5.32 Å². The van der Waals surface area contributed by atoms with E-state index in [9.17, 15) is 13.2 Å². The Morgan fingerprint density at radius 2 is 1.73 bits per heavy atom. The highest BCUT2D eigenvalue weighted by Crippen LogP contribution is 2.32. The Hall–Kier alpha value is -2.11. The molecule has 3 rings (SSSR count). The minimum Gasteiger partial charge on any atom is -0.321 e. The maximum atomic E-state index is 12.3. The lowest BCUT2D eigenvalue weighted by Gasteiger charge is -2.03. The number of rotatable bonds is 3. The SMILES string of the molecule is O=C1Nc2ccccc2C1=CS(=O)(=O)Cc1ccccc1Cl. The topological polar surface area (TPSA) is 63.2 Å². The number of halogens is 1. The van der Waals surface area contributed by atoms with Gasteiger partial charge in [-0.15, -0.1) is 0 Å². The quantitative estimate of drug-likeness (QED) is 0.877. The van der Waals surface area contributed by atoms with Crippen LogP contribution in [0.25, 0.3) is 5.57 Å². The van der Waals surface area contributed by atoms with Gasteiger partial charge in [0.1, 0.15) is 0 Å². The molecule has 2 aromatic carbocycles. The molecule has 1 aliphatic rings. The van der Waals surface area contributed by atoms with Crippen molar-refractivity contribution in [3.05, 3.63) is 70.1 Å². The third-order valence-electron chi connectivity index (χ3n) is 3.32. The van der Waals surface area contributed by atoms with E-state index in [1.54, 1.807) is 48.5 Å². The number of anilines is 1. The van der Waals surface area contributed by atoms with Gasteiger partial charge in [-0.25, -0.2) is 8.42 Å². The summed E-state index contributed by atoms with van der Waals surface area (Å²) in [5.41, 5.74) is 1.87. The highest BCUT2D eigenvalue weighted by molar-refractivity contribution is 7.93. The highest BCUT2D eigenvalue weighted by Gasteiger charge is 2.26. The standard InChI is InChI=1S/C16H12ClNO3S/c17-14-7-3-1-5-11(14)9-22(20,21)10-13-12-6-2-4-8-15(12)18-16(13)19/h1-8,10H,9H2,(H,18,19). The fourth-order valence-electron chi connectivity index (χ4n) is 2.31. The number of para-hydroxylation sites is 1. The average Bonchev–Trinajstić information content (AvgIpc) is 2.77. The molecule has 112 valence electrons. The van der Waals surface area contributed by atoms with Crippen LogP contribution in [0.3, 0.4) is 0 Å². The summed E-state index contributed by atoms with van der Waals surface area (Å²) in [7, 11) is -3.62. The van der Waals surface area contributed by atoms with Crippen molar-refractivity contribution in [3.63, 3.8) is 0 Å². The van der Waals surface area contributed by atoms with Crippen molar-refractivity contribution in [2.24, 2.45) is 0 Å². The van der Waals surface area contributed by atoms with E-state index < -0.39 is 15.7 Å². The summed E-state index contributed by atoms with van der Waals surface area (Å²) in [5, 5.41) is 4.06. The zero-order chi connectivity index (χ0) is 15.7. The number of fused-ring (bicyclic) bond motifs is 1. The molecular formula is C16H12ClNO3S. The van der Waals surface area contributed by atoms with Gasteiger partial charge < -0.3 is 5.32 Å². The Bertz CT molecular complexity index is 888. The molecule has 22 heavy (non-hydrogen) atoms. The Kier molecular flexibility index (Phi) is 3.76. The highest BCUT2D eigenvalue weighted by atomic mass is 35.5. The van der Waals surface area contributed by atoms with Crippen LogP contribution < -0.4 is 5.32 Å². The number of benzene rings is 2. The summed E-state index contributed by atoms with van der Waals surface area (Å²) in [6.07, 6.45) is 0. The number of nitrogens with one attached hydrogen (secondary N) is 1. The van der Waals surface area contributed by atoms with E-state index in [1.807, 2.05) is 0 Å². The monoisotopic (exact) mass is 333 g/mol. The van der Waals surface area contributed by atoms with Crippen LogP contribution in [0.2, 0.25) is 5.02 Å². The van der Waals surface area contributed by atoms with E-state index in [1.165, 1.54) is 0 Å². The van der Waals surface area contributed by atoms with Gasteiger partial charge in [-0.3, -0.25) is 4.79 Å². The smallest absolute Gasteiger partial charge is 0.257 e. The maximum absolute atomic E-state index is 12.3. The van der Waals surface area contributed by atoms with Crippen molar-refractivity contribution >= 4 is 38.6 Å². The van der Waals surface area contributed by atoms with Crippen LogP contribution in [0, 0.1) is 0 Å². The molecule has 6 heteroatoms. The van der Waals surface area contributed by atoms with Crippen molar-refractivity contribution in [1.82, 2.24) is 0 Å². The average molecular weight is 334 g/mol. The van der Waals surface area contributed by atoms with Gasteiger partial charge in [0.05, 0.1) is 11.3 Å². The van der Waals surface area contributed by atoms with Gasteiger partial charge >= 0.3 is 0 Å². The Morgan fingerprint density at radius 1 is 1.05 bits per heavy atom. The van der Waals surface area contributed by atoms with Gasteiger partial charge in [-0.2, -0.15) is 0 Å². The van der Waals surface area contributed by atoms with Crippen LogP contribution in [0.5, 0.6) is 0 Å². The number of sulfone groups is 1. The van der Waals surface area contributed by atoms with Crippen molar-refractivity contribution in [2.75, 3.05) is 5.32 Å². The van der Waals surface area contributed by atoms with E-state index in [0.717, 1.165) is 5.41 Å². The second-order valence-corrected chi connectivity index (χ2v) is 7.19. The van der Waals surface area contributed by atoms with E-state index in [0.29, 0.717) is 21.8 Å². The molecule has 0 aliphatic carbocycles. The van der Waals surface area contributed by atoms with Crippen molar-refractivity contribution in [2.45, 2.75) is 5.75 Å². The lowest BCUT2D eigenvalue weighted by molar-refractivity contribution is -0.110. The molecule has 0 saturated heterocycles. The van der Waals surface area contributed by atoms with Crippen LogP contribution in [0.1, 0.15) is 11.1 Å². The lowest BCUT2D eigenvalue weighted by atomic mass is 10.1. The minimum absolute atomic E-state index is 0.155. The molecule has 0 bridgehead atoms. The van der Waals surface area contributed by atoms with Gasteiger partial charge in [-0.05, 0) is 17.7 Å². The van der Waals surface area contributed by atoms with Gasteiger partial charge in [0.2, 0.25) is 0 Å². The number of carbonyl (C=O) groups is 1. The van der Waals surface area contributed by atoms with Crippen LogP contribution >= 0.6 is 11.6 Å². The summed E-state index contributed by atoms with van der Waals surface area (Å²) in [6.45, 7) is 0. The Balaban J connectivity index is 1.98. The molecule has 2 aromatic rings. The molecular weight excluding hydrogens is 322 g/mol. The van der Waals surface area contributed by atoms with E-state index in [-0.39, 0.29) is 11.3 Å². The molecule has 4 nitrogen and oxygen atoms in total. The largest absolute Gasteiger partial charge is 0.321 e. The molecule has 0 aromatic heterocycles. The number of amides is 1. The summed E-state index contributed by atoms with van der Waals surface area (Å²) in [6, 6.07) is 13.7. The number of hydrogen-bond acceptors (Lipinski definition) is 3. The van der Waals surface area contributed by atoms with Crippen molar-refractivity contribution in [3.8, 4) is 0 Å². The van der Waals surface area contributed by atoms with E-state index in [4.69, 9.17) is 11.6 Å². The van der Waals surface area contributed by atoms with Crippen LogP contribution in [0.15, 0.2) is 53.9 Å². The van der Waals surface area contributed by atoms with E-state index >= 15 is 0 Å². The zero-order valence-corrected chi connectivity index (χ0v) is 13.0. The number of carbonyl (C=O) groups excluding carboxylic acids is 1. The third-order valence-corrected chi connectivity index (χ3v) is 5.00. The summed E-state index contributed by atoms with van der Waals surface area (Å²) >= 11 is 5.99. The molecule has 0 saturated carbocycles. The zero-order valence-electron chi connectivity index (χ0n) is 11.4. The fraction of sp³-hybridized carbons (Fsp3) is 0.0625. The van der Waals surface area contributed by atoms with Gasteiger partial charge in [-0.1, -0.05) is 48.0 Å². The second kappa shape index (κ2) is 5.59. The van der Waals surface area contributed by atoms with Gasteiger partial charge in [0.15, 0.2) is 9.84 Å². The van der Waals surface area contributed by atoms with Crippen molar-refractivity contribution < 1.29 is 13.2 Å². The molecule has 0 fully saturated rings. The minimum atomic E-state index is -3.62. The fourth-order valence-corrected chi connectivity index (χ4v) is 3.95. The first-order chi connectivity index (χ1) is 10.5. The lowest BCUT2D eigenvalue weighted by Crippen LogP contribution is -2.07. The van der Waals surface area contributed by atoms with Crippen LogP contribution in [-0.4, -0.2) is 14.3 Å². The first-order valence-electron chi connectivity index (χ1n) is 6.55. The molecule has 0 spiro atoms. The van der Waals surface area contributed by atoms with Crippen LogP contribution in [0.4, 0.5) is 5.69 Å². The Labute approximate surface area is 133 Å². The van der Waals surface area contributed by atoms with Crippen LogP contribution in [-0.2, 0) is 20.4 Å². The second-order valence-electron chi connectivity index (χ2n) is 4.93. The molecule has 0 atom stereocenters. The Morgan fingerprint density at radius 3 is 2.50 bits per heavy atom. The maximum Gasteiger partial charge on any atom is 0.257 e. The summed E-state index contributed by atoms with van der Waals surface area (Å²) < 4.78 is 24.7. The molecule has 1 aliphatic heterocycles. The predicted octanol–water partition coefficient (Wildman–Crippen LogP) is 3.25. The number of hydrogen-bond donors (Lipinski definition) is 1. The summed E-state index contributed by atoms with van der Waals surface area (Å²) in [4.78, 5) is 12.0. The first kappa shape index (κ1) is 14.8. The summed E-state index contributed by atoms with van der Waals surface area (Å²) in [5.74, 6) is -0.657. The predicted molar refractivity (Wildman–Crippen MR) is 87.1 cm³/mol. The molecule has 0 unspecified atom stereocenters. The first-order valence-corrected chi connectivity index (χ1v) is 8.64. The van der Waals surface area contributed by atoms with Crippen molar-refractivity contribution in [1.29, 1.82) is 0 Å². The molecule has 1 N–H and O–H groups in total. The molecule has 0 radical (unpaired) electrons.